The van der Waals surface area contributed by atoms with Crippen molar-refractivity contribution in [2.45, 2.75) is 25.5 Å². The fourth-order valence-corrected chi connectivity index (χ4v) is 3.60. The third-order valence-corrected chi connectivity index (χ3v) is 4.70. The lowest BCUT2D eigenvalue weighted by atomic mass is 9.99. The molecule has 0 bridgehead atoms. The first-order chi connectivity index (χ1) is 10.7. The van der Waals surface area contributed by atoms with Crippen LogP contribution >= 0.6 is 0 Å². The van der Waals surface area contributed by atoms with Gasteiger partial charge in [0.2, 0.25) is 0 Å². The van der Waals surface area contributed by atoms with Crippen LogP contribution in [-0.4, -0.2) is 83.5 Å². The largest absolute Gasteiger partial charge is 0.390 e. The van der Waals surface area contributed by atoms with Crippen molar-refractivity contribution < 1.29 is 9.84 Å². The number of hydrogen-bond acceptors (Lipinski definition) is 5. The molecule has 6 nitrogen and oxygen atoms in total. The number of nitrogens with zero attached hydrogens (tertiary/aromatic N) is 4. The molecular formula is C16H28N4O2. The summed E-state index contributed by atoms with van der Waals surface area (Å²) in [5.74, 6) is 1.87. The first kappa shape index (κ1) is 15.9. The van der Waals surface area contributed by atoms with E-state index in [9.17, 15) is 5.11 Å². The SMILES string of the molecule is CN(C[C@@H](O)CN1CCOCC1)C[C@H]1CCc2nccn2C1. The zero-order valence-corrected chi connectivity index (χ0v) is 13.5. The number of aliphatic hydroxyl groups excluding tert-OH is 1. The summed E-state index contributed by atoms with van der Waals surface area (Å²) < 4.78 is 7.61. The number of aryl methyl sites for hydroxylation is 1. The molecule has 2 aliphatic rings. The molecular weight excluding hydrogens is 280 g/mol. The lowest BCUT2D eigenvalue weighted by Crippen LogP contribution is -2.45. The first-order valence-electron chi connectivity index (χ1n) is 8.37. The molecule has 2 atom stereocenters. The molecule has 1 aromatic rings. The quantitative estimate of drug-likeness (QED) is 0.806. The van der Waals surface area contributed by atoms with Crippen molar-refractivity contribution in [3.05, 3.63) is 18.2 Å². The van der Waals surface area contributed by atoms with Gasteiger partial charge in [-0.3, -0.25) is 4.90 Å². The van der Waals surface area contributed by atoms with Crippen molar-refractivity contribution in [3.8, 4) is 0 Å². The van der Waals surface area contributed by atoms with Crippen LogP contribution in [0.4, 0.5) is 0 Å². The average molecular weight is 308 g/mol. The number of aliphatic hydroxyl groups is 1. The highest BCUT2D eigenvalue weighted by molar-refractivity contribution is 4.97. The molecule has 0 unspecified atom stereocenters. The topological polar surface area (TPSA) is 53.8 Å². The molecule has 6 heteroatoms. The Morgan fingerprint density at radius 3 is 3.09 bits per heavy atom. The van der Waals surface area contributed by atoms with Crippen molar-refractivity contribution in [2.24, 2.45) is 5.92 Å². The zero-order chi connectivity index (χ0) is 15.4. The molecule has 0 aromatic carbocycles. The number of ether oxygens (including phenoxy) is 1. The van der Waals surface area contributed by atoms with Gasteiger partial charge in [-0.15, -0.1) is 0 Å². The van der Waals surface area contributed by atoms with Crippen molar-refractivity contribution in [3.63, 3.8) is 0 Å². The van der Waals surface area contributed by atoms with Gasteiger partial charge < -0.3 is 19.3 Å². The maximum absolute atomic E-state index is 10.3. The smallest absolute Gasteiger partial charge is 0.108 e. The summed E-state index contributed by atoms with van der Waals surface area (Å²) in [6.07, 6.45) is 5.96. The second-order valence-corrected chi connectivity index (χ2v) is 6.69. The van der Waals surface area contributed by atoms with E-state index in [1.165, 1.54) is 12.2 Å². The summed E-state index contributed by atoms with van der Waals surface area (Å²) in [5.41, 5.74) is 0. The van der Waals surface area contributed by atoms with E-state index in [1.807, 2.05) is 6.20 Å². The first-order valence-corrected chi connectivity index (χ1v) is 8.37. The lowest BCUT2D eigenvalue weighted by Gasteiger charge is -2.32. The standard InChI is InChI=1S/C16H28N4O2/c1-18(12-15(21)13-19-6-8-22-9-7-19)10-14-2-3-16-17-4-5-20(16)11-14/h4-5,14-15,21H,2-3,6-13H2,1H3/t14-,15-/m1/s1. The molecule has 22 heavy (non-hydrogen) atoms. The van der Waals surface area contributed by atoms with Crippen molar-refractivity contribution in [2.75, 3.05) is 53.0 Å². The molecule has 1 saturated heterocycles. The number of rotatable bonds is 6. The molecule has 1 N–H and O–H groups in total. The molecule has 0 spiro atoms. The Labute approximate surface area is 132 Å². The van der Waals surface area contributed by atoms with Crippen LogP contribution in [-0.2, 0) is 17.7 Å². The van der Waals surface area contributed by atoms with Crippen LogP contribution in [0.5, 0.6) is 0 Å². The van der Waals surface area contributed by atoms with E-state index in [0.29, 0.717) is 5.92 Å². The molecule has 0 aliphatic carbocycles. The van der Waals surface area contributed by atoms with Gasteiger partial charge in [-0.1, -0.05) is 0 Å². The minimum absolute atomic E-state index is 0.282. The van der Waals surface area contributed by atoms with E-state index < -0.39 is 0 Å². The highest BCUT2D eigenvalue weighted by atomic mass is 16.5. The number of fused-ring (bicyclic) bond motifs is 1. The van der Waals surface area contributed by atoms with E-state index in [-0.39, 0.29) is 6.10 Å². The Kier molecular flexibility index (Phi) is 5.46. The van der Waals surface area contributed by atoms with Crippen molar-refractivity contribution >= 4 is 0 Å². The van der Waals surface area contributed by atoms with E-state index >= 15 is 0 Å². The van der Waals surface area contributed by atoms with Gasteiger partial charge in [-0.2, -0.15) is 0 Å². The van der Waals surface area contributed by atoms with Crippen LogP contribution in [0.15, 0.2) is 12.4 Å². The maximum Gasteiger partial charge on any atom is 0.108 e. The highest BCUT2D eigenvalue weighted by Gasteiger charge is 2.21. The number of imidazole rings is 1. The van der Waals surface area contributed by atoms with Crippen LogP contribution in [0.25, 0.3) is 0 Å². The Hall–Kier alpha value is -0.950. The molecule has 124 valence electrons. The number of morpholine rings is 1. The van der Waals surface area contributed by atoms with Crippen LogP contribution in [0.2, 0.25) is 0 Å². The van der Waals surface area contributed by atoms with Gasteiger partial charge in [0.25, 0.3) is 0 Å². The molecule has 2 aliphatic heterocycles. The van der Waals surface area contributed by atoms with Crippen LogP contribution in [0.1, 0.15) is 12.2 Å². The van der Waals surface area contributed by atoms with Gasteiger partial charge in [-0.05, 0) is 19.4 Å². The highest BCUT2D eigenvalue weighted by Crippen LogP contribution is 2.19. The Morgan fingerprint density at radius 1 is 1.45 bits per heavy atom. The third-order valence-electron chi connectivity index (χ3n) is 4.70. The van der Waals surface area contributed by atoms with E-state index in [1.54, 1.807) is 0 Å². The average Bonchev–Trinajstić information content (AvgIpc) is 2.95. The van der Waals surface area contributed by atoms with E-state index in [4.69, 9.17) is 4.74 Å². The summed E-state index contributed by atoms with van der Waals surface area (Å²) in [6, 6.07) is 0. The minimum Gasteiger partial charge on any atom is -0.390 e. The predicted octanol–water partition coefficient (Wildman–Crippen LogP) is 0.0704. The molecule has 0 amide bonds. The van der Waals surface area contributed by atoms with Crippen LogP contribution in [0.3, 0.4) is 0 Å². The fraction of sp³-hybridized carbons (Fsp3) is 0.812. The second-order valence-electron chi connectivity index (χ2n) is 6.69. The lowest BCUT2D eigenvalue weighted by molar-refractivity contribution is 0.00751. The van der Waals surface area contributed by atoms with Gasteiger partial charge in [0.15, 0.2) is 0 Å². The number of hydrogen-bond donors (Lipinski definition) is 1. The summed E-state index contributed by atoms with van der Waals surface area (Å²) in [5, 5.41) is 10.3. The van der Waals surface area contributed by atoms with Crippen molar-refractivity contribution in [1.29, 1.82) is 0 Å². The summed E-state index contributed by atoms with van der Waals surface area (Å²) in [6.45, 7) is 7.04. The molecule has 3 rings (SSSR count). The Balaban J connectivity index is 1.39. The molecule has 0 saturated carbocycles. The summed E-state index contributed by atoms with van der Waals surface area (Å²) >= 11 is 0. The monoisotopic (exact) mass is 308 g/mol. The van der Waals surface area contributed by atoms with Crippen LogP contribution in [0, 0.1) is 5.92 Å². The predicted molar refractivity (Wildman–Crippen MR) is 84.8 cm³/mol. The second kappa shape index (κ2) is 7.55. The van der Waals surface area contributed by atoms with Gasteiger partial charge in [-0.25, -0.2) is 4.98 Å². The van der Waals surface area contributed by atoms with Gasteiger partial charge in [0.1, 0.15) is 5.82 Å². The summed E-state index contributed by atoms with van der Waals surface area (Å²) in [4.78, 5) is 8.94. The molecule has 0 radical (unpaired) electrons. The number of likely N-dealkylation sites (N-methyl/N-ethyl adjacent to an activating group) is 1. The van der Waals surface area contributed by atoms with E-state index in [0.717, 1.165) is 58.9 Å². The Morgan fingerprint density at radius 2 is 2.27 bits per heavy atom. The Bertz CT molecular complexity index is 459. The number of β-amino-alcohol motifs (C(OH)–C–C–N with tert-alkyl or cyclic N) is 1. The molecule has 1 fully saturated rings. The van der Waals surface area contributed by atoms with Gasteiger partial charge in [0, 0.05) is 58.1 Å². The van der Waals surface area contributed by atoms with E-state index in [2.05, 4.69) is 32.6 Å². The summed E-state index contributed by atoms with van der Waals surface area (Å²) in [7, 11) is 2.12. The minimum atomic E-state index is -0.282. The van der Waals surface area contributed by atoms with Gasteiger partial charge in [0.05, 0.1) is 19.3 Å². The third kappa shape index (κ3) is 4.29. The molecule has 1 aromatic heterocycles. The zero-order valence-electron chi connectivity index (χ0n) is 13.5. The fourth-order valence-electron chi connectivity index (χ4n) is 3.60. The normalized spacial score (nSPS) is 24.4. The van der Waals surface area contributed by atoms with Gasteiger partial charge >= 0.3 is 0 Å². The van der Waals surface area contributed by atoms with Crippen LogP contribution < -0.4 is 0 Å². The molecule has 3 heterocycles. The van der Waals surface area contributed by atoms with Crippen molar-refractivity contribution in [1.82, 2.24) is 19.4 Å². The number of aromatic nitrogens is 2. The maximum atomic E-state index is 10.3.